The summed E-state index contributed by atoms with van der Waals surface area (Å²) in [6.45, 7) is 1.02. The molecule has 0 saturated carbocycles. The van der Waals surface area contributed by atoms with Crippen molar-refractivity contribution in [1.82, 2.24) is 9.47 Å². The number of hydrogen-bond donors (Lipinski definition) is 0. The first-order valence-electron chi connectivity index (χ1n) is 13.5. The maximum Gasteiger partial charge on any atom is 0.416 e. The number of thiazole rings is 1. The Balaban J connectivity index is 1.45. The third-order valence-electron chi connectivity index (χ3n) is 7.96. The van der Waals surface area contributed by atoms with Gasteiger partial charge in [0.1, 0.15) is 17.5 Å². The quantitative estimate of drug-likeness (QED) is 0.385. The van der Waals surface area contributed by atoms with Crippen LogP contribution in [0.3, 0.4) is 0 Å². The number of fused-ring (bicyclic) bond motifs is 2. The van der Waals surface area contributed by atoms with Crippen LogP contribution >= 0.6 is 23.1 Å². The number of halogens is 3. The summed E-state index contributed by atoms with van der Waals surface area (Å²) in [7, 11) is 1.47. The van der Waals surface area contributed by atoms with E-state index in [4.69, 9.17) is 4.74 Å². The number of hydrogen-bond acceptors (Lipinski definition) is 7. The van der Waals surface area contributed by atoms with Crippen LogP contribution in [0.15, 0.2) is 58.4 Å². The lowest BCUT2D eigenvalue weighted by atomic mass is 9.82. The first kappa shape index (κ1) is 28.5. The molecule has 2 aromatic carbocycles. The van der Waals surface area contributed by atoms with Crippen LogP contribution in [0.2, 0.25) is 0 Å². The van der Waals surface area contributed by atoms with Crippen LogP contribution in [-0.2, 0) is 27.1 Å². The summed E-state index contributed by atoms with van der Waals surface area (Å²) >= 11 is 1.94. The third kappa shape index (κ3) is 4.81. The molecule has 3 amide bonds. The average molecular weight is 618 g/mol. The summed E-state index contributed by atoms with van der Waals surface area (Å²) in [5, 5.41) is -0.612. The standard InChI is InChI=1S/C29H26F3N3O5S2/c1-40-19-11-4-3-10-18(19)21-22-23(26(38)35(25(22)37)17-9-7-8-16(14-17)29(30,31)32)41-27-24(21)42-28(39)34(27)15-20(36)33-12-5-2-6-13-33/h3-4,7-11,14,21-23H,2,5-6,12-13,15H2,1H3/t21-,22-,23+/m0/s1. The average Bonchev–Trinajstić information content (AvgIpc) is 3.43. The van der Waals surface area contributed by atoms with E-state index in [1.807, 2.05) is 0 Å². The monoisotopic (exact) mass is 617 g/mol. The molecule has 3 aromatic rings. The van der Waals surface area contributed by atoms with Gasteiger partial charge < -0.3 is 9.64 Å². The van der Waals surface area contributed by atoms with Gasteiger partial charge in [-0.05, 0) is 43.5 Å². The zero-order valence-corrected chi connectivity index (χ0v) is 24.1. The molecule has 0 radical (unpaired) electrons. The Hall–Kier alpha value is -3.58. The van der Waals surface area contributed by atoms with E-state index in [0.717, 1.165) is 65.5 Å². The summed E-state index contributed by atoms with van der Waals surface area (Å²) in [4.78, 5) is 57.1. The van der Waals surface area contributed by atoms with E-state index >= 15 is 0 Å². The minimum absolute atomic E-state index is 0.172. The fourth-order valence-corrected chi connectivity index (χ4v) is 8.73. The number of carbonyl (C=O) groups excluding carboxylic acids is 3. The number of benzene rings is 2. The van der Waals surface area contributed by atoms with E-state index in [9.17, 15) is 32.3 Å². The molecule has 8 nitrogen and oxygen atoms in total. The van der Waals surface area contributed by atoms with Gasteiger partial charge in [-0.2, -0.15) is 13.2 Å². The van der Waals surface area contributed by atoms with Gasteiger partial charge in [-0.25, -0.2) is 4.90 Å². The highest BCUT2D eigenvalue weighted by Gasteiger charge is 2.57. The summed E-state index contributed by atoms with van der Waals surface area (Å²) in [6, 6.07) is 11.1. The first-order valence-corrected chi connectivity index (χ1v) is 15.2. The number of nitrogens with zero attached hydrogens (tertiary/aromatic N) is 3. The predicted molar refractivity (Wildman–Crippen MR) is 151 cm³/mol. The van der Waals surface area contributed by atoms with Crippen LogP contribution in [0.4, 0.5) is 18.9 Å². The van der Waals surface area contributed by atoms with Crippen molar-refractivity contribution < 1.29 is 32.3 Å². The first-order chi connectivity index (χ1) is 20.1. The number of carbonyl (C=O) groups is 3. The molecule has 220 valence electrons. The SMILES string of the molecule is COc1ccccc1[C@@H]1c2sc(=O)n(CC(=O)N3CCCCC3)c2S[C@H]2C(=O)N(c3cccc(C(F)(F)F)c3)C(=O)[C@@H]12. The number of amides is 3. The topological polar surface area (TPSA) is 88.9 Å². The molecule has 1 aromatic heterocycles. The molecule has 0 aliphatic carbocycles. The number of imide groups is 1. The zero-order valence-electron chi connectivity index (χ0n) is 22.4. The molecular weight excluding hydrogens is 591 g/mol. The van der Waals surface area contributed by atoms with Gasteiger partial charge in [0.2, 0.25) is 17.7 Å². The minimum atomic E-state index is -4.66. The number of thioether (sulfide) groups is 1. The fourth-order valence-electron chi connectivity index (χ4n) is 5.97. The molecule has 3 aliphatic heterocycles. The van der Waals surface area contributed by atoms with Gasteiger partial charge in [0.25, 0.3) is 0 Å². The van der Waals surface area contributed by atoms with Crippen LogP contribution < -0.4 is 14.5 Å². The van der Waals surface area contributed by atoms with Crippen molar-refractivity contribution in [3.05, 3.63) is 74.2 Å². The Morgan fingerprint density at radius 1 is 1.00 bits per heavy atom. The highest BCUT2D eigenvalue weighted by atomic mass is 32.2. The number of ether oxygens (including phenoxy) is 1. The number of para-hydroxylation sites is 1. The number of piperidine rings is 1. The second-order valence-electron chi connectivity index (χ2n) is 10.4. The Labute approximate surface area is 247 Å². The largest absolute Gasteiger partial charge is 0.496 e. The van der Waals surface area contributed by atoms with E-state index < -0.39 is 40.6 Å². The van der Waals surface area contributed by atoms with Crippen LogP contribution in [0.5, 0.6) is 5.75 Å². The van der Waals surface area contributed by atoms with Crippen LogP contribution in [-0.4, -0.2) is 52.6 Å². The minimum Gasteiger partial charge on any atom is -0.496 e. The zero-order chi connectivity index (χ0) is 29.8. The lowest BCUT2D eigenvalue weighted by Gasteiger charge is -2.32. The van der Waals surface area contributed by atoms with Gasteiger partial charge >= 0.3 is 11.0 Å². The van der Waals surface area contributed by atoms with Crippen LogP contribution in [0.25, 0.3) is 0 Å². The molecule has 0 spiro atoms. The molecule has 13 heteroatoms. The third-order valence-corrected chi connectivity index (χ3v) is 10.6. The van der Waals surface area contributed by atoms with Crippen molar-refractivity contribution in [3.63, 3.8) is 0 Å². The normalized spacial score (nSPS) is 22.2. The molecular formula is C29H26F3N3O5S2. The molecule has 4 heterocycles. The number of anilines is 1. The second kappa shape index (κ2) is 10.9. The highest BCUT2D eigenvalue weighted by Crippen LogP contribution is 2.55. The Bertz CT molecular complexity index is 1630. The lowest BCUT2D eigenvalue weighted by Crippen LogP contribution is -2.39. The van der Waals surface area contributed by atoms with E-state index in [-0.39, 0.29) is 23.0 Å². The number of rotatable bonds is 5. The Morgan fingerprint density at radius 3 is 2.45 bits per heavy atom. The number of methoxy groups -OCH3 is 1. The van der Waals surface area contributed by atoms with Gasteiger partial charge in [-0.15, -0.1) is 0 Å². The molecule has 3 atom stereocenters. The van der Waals surface area contributed by atoms with Crippen molar-refractivity contribution in [2.24, 2.45) is 5.92 Å². The summed E-state index contributed by atoms with van der Waals surface area (Å²) in [6.07, 6.45) is -1.85. The second-order valence-corrected chi connectivity index (χ2v) is 12.5. The van der Waals surface area contributed by atoms with Gasteiger partial charge in [-0.3, -0.25) is 23.7 Å². The molecule has 42 heavy (non-hydrogen) atoms. The van der Waals surface area contributed by atoms with Crippen molar-refractivity contribution >= 4 is 46.5 Å². The fraction of sp³-hybridized carbons (Fsp3) is 0.379. The van der Waals surface area contributed by atoms with Gasteiger partial charge in [0.15, 0.2) is 0 Å². The van der Waals surface area contributed by atoms with Gasteiger partial charge in [-0.1, -0.05) is 47.4 Å². The van der Waals surface area contributed by atoms with Gasteiger partial charge in [0, 0.05) is 29.4 Å². The molecule has 0 N–H and O–H groups in total. The van der Waals surface area contributed by atoms with Crippen LogP contribution in [0, 0.1) is 5.92 Å². The molecule has 2 saturated heterocycles. The number of alkyl halides is 3. The van der Waals surface area contributed by atoms with E-state index in [1.54, 1.807) is 29.2 Å². The number of aromatic nitrogens is 1. The van der Waals surface area contributed by atoms with Gasteiger partial charge in [0.05, 0.1) is 29.3 Å². The number of likely N-dealkylation sites (tertiary alicyclic amines) is 1. The molecule has 2 fully saturated rings. The van der Waals surface area contributed by atoms with Crippen molar-refractivity contribution in [2.45, 2.75) is 48.2 Å². The molecule has 3 aliphatic rings. The van der Waals surface area contributed by atoms with Crippen molar-refractivity contribution in [2.75, 3.05) is 25.1 Å². The highest BCUT2D eigenvalue weighted by molar-refractivity contribution is 8.00. The predicted octanol–water partition coefficient (Wildman–Crippen LogP) is 4.75. The maximum atomic E-state index is 14.0. The summed E-state index contributed by atoms with van der Waals surface area (Å²) < 4.78 is 47.5. The Morgan fingerprint density at radius 2 is 1.74 bits per heavy atom. The Kier molecular flexibility index (Phi) is 7.42. The molecule has 0 bridgehead atoms. The smallest absolute Gasteiger partial charge is 0.416 e. The van der Waals surface area contributed by atoms with E-state index in [0.29, 0.717) is 34.3 Å². The maximum absolute atomic E-state index is 14.0. The van der Waals surface area contributed by atoms with E-state index in [2.05, 4.69) is 0 Å². The van der Waals surface area contributed by atoms with E-state index in [1.165, 1.54) is 17.7 Å². The van der Waals surface area contributed by atoms with Crippen molar-refractivity contribution in [3.8, 4) is 5.75 Å². The molecule has 0 unspecified atom stereocenters. The summed E-state index contributed by atoms with van der Waals surface area (Å²) in [5.74, 6) is -2.89. The van der Waals surface area contributed by atoms with Crippen molar-refractivity contribution in [1.29, 1.82) is 0 Å². The molecule has 6 rings (SSSR count). The summed E-state index contributed by atoms with van der Waals surface area (Å²) in [5.41, 5.74) is -0.581. The lowest BCUT2D eigenvalue weighted by molar-refractivity contribution is -0.137. The van der Waals surface area contributed by atoms with Crippen LogP contribution in [0.1, 0.15) is 41.2 Å².